The fourth-order valence-electron chi connectivity index (χ4n) is 1.54. The van der Waals surface area contributed by atoms with E-state index in [2.05, 4.69) is 30.5 Å². The van der Waals surface area contributed by atoms with Crippen LogP contribution in [0.4, 0.5) is 5.69 Å². The lowest BCUT2D eigenvalue weighted by Gasteiger charge is -2.06. The Labute approximate surface area is 105 Å². The molecule has 0 spiro atoms. The molecule has 0 aliphatic heterocycles. The van der Waals surface area contributed by atoms with E-state index in [1.807, 2.05) is 12.1 Å². The smallest absolute Gasteiger partial charge is 0.0504 e. The molecule has 0 radical (unpaired) electrons. The minimum Gasteiger partial charge on any atom is -0.399 e. The molecule has 2 aromatic carbocycles. The van der Waals surface area contributed by atoms with Crippen LogP contribution in [0.5, 0.6) is 0 Å². The maximum absolute atomic E-state index is 6.15. The topological polar surface area (TPSA) is 26.0 Å². The Morgan fingerprint density at radius 1 is 1.06 bits per heavy atom. The van der Waals surface area contributed by atoms with E-state index in [4.69, 9.17) is 17.3 Å². The standard InChI is InChI=1S/C13H12ClNS/c1-16-11-5-2-9(3-6-11)12-7-4-10(15)8-13(12)14/h2-8H,15H2,1H3. The highest BCUT2D eigenvalue weighted by Gasteiger charge is 2.03. The molecule has 0 aromatic heterocycles. The molecule has 0 aliphatic rings. The van der Waals surface area contributed by atoms with Gasteiger partial charge in [-0.25, -0.2) is 0 Å². The lowest BCUT2D eigenvalue weighted by atomic mass is 10.1. The predicted octanol–water partition coefficient (Wildman–Crippen LogP) is 4.31. The normalized spacial score (nSPS) is 10.4. The van der Waals surface area contributed by atoms with Crippen LogP contribution < -0.4 is 5.73 Å². The molecule has 3 heteroatoms. The molecule has 2 rings (SSSR count). The number of hydrogen-bond acceptors (Lipinski definition) is 2. The zero-order chi connectivity index (χ0) is 11.5. The molecule has 1 nitrogen and oxygen atoms in total. The van der Waals surface area contributed by atoms with E-state index in [1.54, 1.807) is 17.8 Å². The van der Waals surface area contributed by atoms with E-state index in [1.165, 1.54) is 4.90 Å². The average Bonchev–Trinajstić information content (AvgIpc) is 2.29. The number of rotatable bonds is 2. The van der Waals surface area contributed by atoms with Crippen LogP contribution in [0.3, 0.4) is 0 Å². The van der Waals surface area contributed by atoms with E-state index < -0.39 is 0 Å². The van der Waals surface area contributed by atoms with Crippen molar-refractivity contribution in [1.82, 2.24) is 0 Å². The summed E-state index contributed by atoms with van der Waals surface area (Å²) in [4.78, 5) is 1.25. The van der Waals surface area contributed by atoms with Crippen molar-refractivity contribution >= 4 is 29.1 Å². The number of hydrogen-bond donors (Lipinski definition) is 1. The third-order valence-corrected chi connectivity index (χ3v) is 3.45. The van der Waals surface area contributed by atoms with Gasteiger partial charge >= 0.3 is 0 Å². The van der Waals surface area contributed by atoms with Gasteiger partial charge in [-0.05, 0) is 36.1 Å². The van der Waals surface area contributed by atoms with E-state index in [9.17, 15) is 0 Å². The van der Waals surface area contributed by atoms with Crippen LogP contribution in [0, 0.1) is 0 Å². The highest BCUT2D eigenvalue weighted by Crippen LogP contribution is 2.30. The second-order valence-corrected chi connectivity index (χ2v) is 4.75. The SMILES string of the molecule is CSc1ccc(-c2ccc(N)cc2Cl)cc1. The molecular weight excluding hydrogens is 238 g/mol. The van der Waals surface area contributed by atoms with Gasteiger partial charge in [-0.15, -0.1) is 11.8 Å². The van der Waals surface area contributed by atoms with Crippen molar-refractivity contribution in [3.8, 4) is 11.1 Å². The van der Waals surface area contributed by atoms with Gasteiger partial charge in [-0.1, -0.05) is 29.8 Å². The summed E-state index contributed by atoms with van der Waals surface area (Å²) in [5.74, 6) is 0. The quantitative estimate of drug-likeness (QED) is 0.634. The van der Waals surface area contributed by atoms with Gasteiger partial charge in [-0.3, -0.25) is 0 Å². The number of halogens is 1. The summed E-state index contributed by atoms with van der Waals surface area (Å²) >= 11 is 7.88. The molecule has 0 heterocycles. The molecule has 0 saturated heterocycles. The van der Waals surface area contributed by atoms with Crippen LogP contribution in [0.1, 0.15) is 0 Å². The number of nitrogen functional groups attached to an aromatic ring is 1. The molecule has 0 unspecified atom stereocenters. The van der Waals surface area contributed by atoms with E-state index in [-0.39, 0.29) is 0 Å². The number of anilines is 1. The second-order valence-electron chi connectivity index (χ2n) is 3.47. The monoisotopic (exact) mass is 249 g/mol. The largest absolute Gasteiger partial charge is 0.399 e. The summed E-state index contributed by atoms with van der Waals surface area (Å²) in [5, 5.41) is 0.692. The highest BCUT2D eigenvalue weighted by atomic mass is 35.5. The van der Waals surface area contributed by atoms with E-state index >= 15 is 0 Å². The van der Waals surface area contributed by atoms with Crippen molar-refractivity contribution in [1.29, 1.82) is 0 Å². The van der Waals surface area contributed by atoms with Gasteiger partial charge < -0.3 is 5.73 Å². The molecule has 16 heavy (non-hydrogen) atoms. The first-order chi connectivity index (χ1) is 7.70. The molecule has 0 fully saturated rings. The van der Waals surface area contributed by atoms with Crippen molar-refractivity contribution in [2.45, 2.75) is 4.90 Å². The molecular formula is C13H12ClNS. The molecule has 82 valence electrons. The van der Waals surface area contributed by atoms with Crippen LogP contribution in [0.15, 0.2) is 47.4 Å². The Balaban J connectivity index is 2.42. The third kappa shape index (κ3) is 2.34. The minimum atomic E-state index is 0.689. The Bertz CT molecular complexity index is 494. The maximum atomic E-state index is 6.15. The zero-order valence-electron chi connectivity index (χ0n) is 8.91. The summed E-state index contributed by atoms with van der Waals surface area (Å²) in [6.45, 7) is 0. The van der Waals surface area contributed by atoms with Crippen LogP contribution in [0.25, 0.3) is 11.1 Å². The fraction of sp³-hybridized carbons (Fsp3) is 0.0769. The second kappa shape index (κ2) is 4.81. The Morgan fingerprint density at radius 3 is 2.31 bits per heavy atom. The fourth-order valence-corrected chi connectivity index (χ4v) is 2.24. The first kappa shape index (κ1) is 11.4. The Morgan fingerprint density at radius 2 is 1.75 bits per heavy atom. The number of nitrogens with two attached hydrogens (primary N) is 1. The first-order valence-corrected chi connectivity index (χ1v) is 6.50. The average molecular weight is 250 g/mol. The van der Waals surface area contributed by atoms with E-state index in [0.717, 1.165) is 11.1 Å². The lowest BCUT2D eigenvalue weighted by molar-refractivity contribution is 1.46. The molecule has 2 aromatic rings. The van der Waals surface area contributed by atoms with Crippen LogP contribution in [-0.4, -0.2) is 6.26 Å². The van der Waals surface area contributed by atoms with Crippen LogP contribution in [0.2, 0.25) is 5.02 Å². The summed E-state index contributed by atoms with van der Waals surface area (Å²) in [6.07, 6.45) is 2.06. The van der Waals surface area contributed by atoms with Gasteiger partial charge in [0.15, 0.2) is 0 Å². The molecule has 2 N–H and O–H groups in total. The lowest BCUT2D eigenvalue weighted by Crippen LogP contribution is -1.86. The Hall–Kier alpha value is -1.12. The third-order valence-electron chi connectivity index (χ3n) is 2.39. The first-order valence-electron chi connectivity index (χ1n) is 4.90. The number of thioether (sulfide) groups is 1. The summed E-state index contributed by atoms with van der Waals surface area (Å²) in [7, 11) is 0. The van der Waals surface area contributed by atoms with Gasteiger partial charge in [0.2, 0.25) is 0 Å². The maximum Gasteiger partial charge on any atom is 0.0504 e. The van der Waals surface area contributed by atoms with Gasteiger partial charge in [-0.2, -0.15) is 0 Å². The van der Waals surface area contributed by atoms with E-state index in [0.29, 0.717) is 10.7 Å². The minimum absolute atomic E-state index is 0.689. The summed E-state index contributed by atoms with van der Waals surface area (Å²) in [6, 6.07) is 13.9. The molecule has 0 bridgehead atoms. The molecule has 0 amide bonds. The van der Waals surface area contributed by atoms with Gasteiger partial charge in [0, 0.05) is 16.1 Å². The van der Waals surface area contributed by atoms with Crippen molar-refractivity contribution < 1.29 is 0 Å². The highest BCUT2D eigenvalue weighted by molar-refractivity contribution is 7.98. The summed E-state index contributed by atoms with van der Waals surface area (Å²) in [5.41, 5.74) is 8.48. The van der Waals surface area contributed by atoms with Crippen LogP contribution >= 0.6 is 23.4 Å². The van der Waals surface area contributed by atoms with Crippen molar-refractivity contribution in [3.05, 3.63) is 47.5 Å². The Kier molecular flexibility index (Phi) is 3.42. The zero-order valence-corrected chi connectivity index (χ0v) is 10.5. The predicted molar refractivity (Wildman–Crippen MR) is 73.1 cm³/mol. The van der Waals surface area contributed by atoms with Gasteiger partial charge in [0.25, 0.3) is 0 Å². The molecule has 0 saturated carbocycles. The van der Waals surface area contributed by atoms with Crippen LogP contribution in [-0.2, 0) is 0 Å². The van der Waals surface area contributed by atoms with Crippen molar-refractivity contribution in [2.24, 2.45) is 0 Å². The number of benzene rings is 2. The van der Waals surface area contributed by atoms with Crippen molar-refractivity contribution in [3.63, 3.8) is 0 Å². The molecule has 0 atom stereocenters. The van der Waals surface area contributed by atoms with Gasteiger partial charge in [0.1, 0.15) is 0 Å². The van der Waals surface area contributed by atoms with Crippen molar-refractivity contribution in [2.75, 3.05) is 12.0 Å². The summed E-state index contributed by atoms with van der Waals surface area (Å²) < 4.78 is 0. The van der Waals surface area contributed by atoms with Gasteiger partial charge in [0.05, 0.1) is 5.02 Å². The molecule has 0 aliphatic carbocycles.